The summed E-state index contributed by atoms with van der Waals surface area (Å²) in [6.45, 7) is -2.70. The minimum absolute atomic E-state index is 0.0930. The Morgan fingerprint density at radius 3 is 2.50 bits per heavy atom. The van der Waals surface area contributed by atoms with Gasteiger partial charge < -0.3 is 0 Å². The van der Waals surface area contributed by atoms with E-state index >= 15 is 0 Å². The van der Waals surface area contributed by atoms with E-state index in [1.165, 1.54) is 12.3 Å². The lowest BCUT2D eigenvalue weighted by Crippen LogP contribution is -2.05. The van der Waals surface area contributed by atoms with Crippen LogP contribution in [0.4, 0.5) is 22.0 Å². The minimum Gasteiger partial charge on any atom is -0.277 e. The molecule has 3 nitrogen and oxygen atoms in total. The lowest BCUT2D eigenvalue weighted by Gasteiger charge is -2.07. The Labute approximate surface area is 114 Å². The smallest absolute Gasteiger partial charge is 0.277 e. The Hall–Kier alpha value is -1.64. The molecule has 0 amide bonds. The maximum absolute atomic E-state index is 12.5. The van der Waals surface area contributed by atoms with Gasteiger partial charge in [-0.15, -0.1) is 0 Å². The lowest BCUT2D eigenvalue weighted by molar-refractivity contribution is -0.137. The maximum Gasteiger partial charge on any atom is 0.417 e. The van der Waals surface area contributed by atoms with Gasteiger partial charge >= 0.3 is 12.7 Å². The Balaban J connectivity index is 2.02. The predicted molar refractivity (Wildman–Crippen MR) is 62.3 cm³/mol. The van der Waals surface area contributed by atoms with Crippen LogP contribution >= 0.6 is 11.8 Å². The molecule has 2 rings (SSSR count). The van der Waals surface area contributed by atoms with E-state index in [1.54, 1.807) is 0 Å². The van der Waals surface area contributed by atoms with Gasteiger partial charge in [0.2, 0.25) is 0 Å². The molecule has 0 saturated heterocycles. The summed E-state index contributed by atoms with van der Waals surface area (Å²) >= 11 is 1.03. The van der Waals surface area contributed by atoms with E-state index in [2.05, 4.69) is 9.97 Å². The summed E-state index contributed by atoms with van der Waals surface area (Å²) in [5, 5.41) is 0.307. The topological polar surface area (TPSA) is 30.7 Å². The Kier molecular flexibility index (Phi) is 4.26. The molecular formula is C11H8F5N3S. The number of thioether (sulfide) groups is 1. The molecular weight excluding hydrogens is 301 g/mol. The molecule has 0 aromatic carbocycles. The van der Waals surface area contributed by atoms with Gasteiger partial charge in [0.15, 0.2) is 0 Å². The van der Waals surface area contributed by atoms with Crippen LogP contribution in [-0.2, 0) is 11.9 Å². The molecule has 0 radical (unpaired) electrons. The Morgan fingerprint density at radius 2 is 1.95 bits per heavy atom. The van der Waals surface area contributed by atoms with Crippen molar-refractivity contribution in [2.45, 2.75) is 23.5 Å². The molecule has 0 aliphatic heterocycles. The van der Waals surface area contributed by atoms with Crippen LogP contribution < -0.4 is 0 Å². The van der Waals surface area contributed by atoms with Gasteiger partial charge in [-0.1, -0.05) is 11.8 Å². The fraction of sp³-hybridized carbons (Fsp3) is 0.273. The monoisotopic (exact) mass is 309 g/mol. The number of rotatable bonds is 4. The van der Waals surface area contributed by atoms with Gasteiger partial charge in [-0.05, 0) is 12.1 Å². The summed E-state index contributed by atoms with van der Waals surface area (Å²) in [6.07, 6.45) is -1.35. The van der Waals surface area contributed by atoms with Crippen molar-refractivity contribution in [2.24, 2.45) is 0 Å². The quantitative estimate of drug-likeness (QED) is 0.632. The van der Waals surface area contributed by atoms with Crippen LogP contribution in [0.1, 0.15) is 17.9 Å². The van der Waals surface area contributed by atoms with E-state index in [0.717, 1.165) is 24.0 Å². The highest BCUT2D eigenvalue weighted by Gasteiger charge is 2.30. The van der Waals surface area contributed by atoms with Gasteiger partial charge in [-0.2, -0.15) is 22.0 Å². The van der Waals surface area contributed by atoms with Crippen LogP contribution in [0.5, 0.6) is 0 Å². The first-order valence-electron chi connectivity index (χ1n) is 5.34. The first kappa shape index (κ1) is 14.8. The van der Waals surface area contributed by atoms with Crippen molar-refractivity contribution in [3.05, 3.63) is 42.1 Å². The molecule has 0 aliphatic carbocycles. The van der Waals surface area contributed by atoms with Crippen molar-refractivity contribution in [3.8, 4) is 0 Å². The highest BCUT2D eigenvalue weighted by molar-refractivity contribution is 7.98. The van der Waals surface area contributed by atoms with Crippen LogP contribution in [0, 0.1) is 0 Å². The normalized spacial score (nSPS) is 12.1. The average molecular weight is 309 g/mol. The van der Waals surface area contributed by atoms with Gasteiger partial charge in [0.1, 0.15) is 5.82 Å². The summed E-state index contributed by atoms with van der Waals surface area (Å²) in [4.78, 5) is 7.40. The number of alkyl halides is 5. The number of aromatic nitrogens is 3. The van der Waals surface area contributed by atoms with Crippen LogP contribution in [0.25, 0.3) is 0 Å². The minimum atomic E-state index is -4.44. The number of pyridine rings is 1. The molecule has 0 fully saturated rings. The number of hydrogen-bond donors (Lipinski definition) is 0. The third kappa shape index (κ3) is 3.47. The van der Waals surface area contributed by atoms with Gasteiger partial charge in [0.25, 0.3) is 0 Å². The van der Waals surface area contributed by atoms with Crippen molar-refractivity contribution in [2.75, 3.05) is 0 Å². The van der Waals surface area contributed by atoms with Crippen LogP contribution in [0.2, 0.25) is 0 Å². The second kappa shape index (κ2) is 5.78. The summed E-state index contributed by atoms with van der Waals surface area (Å²) < 4.78 is 62.8. The fourth-order valence-electron chi connectivity index (χ4n) is 1.41. The maximum atomic E-state index is 12.5. The zero-order valence-electron chi connectivity index (χ0n) is 9.81. The Bertz CT molecular complexity index is 564. The van der Waals surface area contributed by atoms with Gasteiger partial charge in [0.05, 0.1) is 16.3 Å². The summed E-state index contributed by atoms with van der Waals surface area (Å²) in [5.41, 5.74) is -0.851. The van der Waals surface area contributed by atoms with Crippen LogP contribution in [-0.4, -0.2) is 14.5 Å². The molecule has 0 unspecified atom stereocenters. The molecule has 0 atom stereocenters. The summed E-state index contributed by atoms with van der Waals surface area (Å²) in [7, 11) is 0. The largest absolute Gasteiger partial charge is 0.417 e. The third-order valence-corrected chi connectivity index (χ3v) is 3.31. The van der Waals surface area contributed by atoms with E-state index < -0.39 is 18.3 Å². The Morgan fingerprint density at radius 1 is 1.20 bits per heavy atom. The molecule has 0 saturated carbocycles. The molecule has 0 N–H and O–H groups in total. The fourth-order valence-corrected chi connectivity index (χ4v) is 2.20. The molecule has 2 heterocycles. The second-order valence-electron chi connectivity index (χ2n) is 3.70. The van der Waals surface area contributed by atoms with E-state index in [0.29, 0.717) is 15.8 Å². The number of halogens is 5. The molecule has 0 spiro atoms. The highest BCUT2D eigenvalue weighted by atomic mass is 32.2. The zero-order chi connectivity index (χ0) is 14.8. The van der Waals surface area contributed by atoms with Crippen LogP contribution in [0.3, 0.4) is 0 Å². The molecule has 0 bridgehead atoms. The van der Waals surface area contributed by atoms with E-state index in [4.69, 9.17) is 0 Å². The molecule has 2 aromatic rings. The lowest BCUT2D eigenvalue weighted by atomic mass is 10.3. The number of nitrogens with zero attached hydrogens (tertiary/aromatic N) is 3. The molecule has 9 heteroatoms. The van der Waals surface area contributed by atoms with Crippen molar-refractivity contribution in [1.29, 1.82) is 0 Å². The molecule has 20 heavy (non-hydrogen) atoms. The zero-order valence-corrected chi connectivity index (χ0v) is 10.6. The summed E-state index contributed by atoms with van der Waals surface area (Å²) in [5.74, 6) is 0.224. The molecule has 2 aromatic heterocycles. The standard InChI is InChI=1S/C11H8F5N3S/c12-10(13)19-4-3-17-8(19)6-20-9-2-1-7(5-18-9)11(14,15)16/h1-5,10H,6H2. The van der Waals surface area contributed by atoms with E-state index in [9.17, 15) is 22.0 Å². The van der Waals surface area contributed by atoms with Crippen LogP contribution in [0.15, 0.2) is 35.7 Å². The van der Waals surface area contributed by atoms with Crippen molar-refractivity contribution < 1.29 is 22.0 Å². The SMILES string of the molecule is FC(F)n1ccnc1CSc1ccc(C(F)(F)F)cn1. The molecule has 0 aliphatic rings. The summed E-state index contributed by atoms with van der Waals surface area (Å²) in [6, 6.07) is 2.10. The molecule has 108 valence electrons. The van der Waals surface area contributed by atoms with E-state index in [-0.39, 0.29) is 11.6 Å². The first-order chi connectivity index (χ1) is 9.38. The second-order valence-corrected chi connectivity index (χ2v) is 4.70. The first-order valence-corrected chi connectivity index (χ1v) is 6.32. The predicted octanol–water partition coefficient (Wildman–Crippen LogP) is 3.98. The number of imidazole rings is 1. The van der Waals surface area contributed by atoms with Crippen molar-refractivity contribution in [3.63, 3.8) is 0 Å². The van der Waals surface area contributed by atoms with E-state index in [1.807, 2.05) is 0 Å². The van der Waals surface area contributed by atoms with Crippen molar-refractivity contribution in [1.82, 2.24) is 14.5 Å². The highest BCUT2D eigenvalue weighted by Crippen LogP contribution is 2.30. The number of hydrogen-bond acceptors (Lipinski definition) is 3. The van der Waals surface area contributed by atoms with Crippen molar-refractivity contribution >= 4 is 11.8 Å². The average Bonchev–Trinajstić information content (AvgIpc) is 2.84. The van der Waals surface area contributed by atoms with Gasteiger partial charge in [-0.25, -0.2) is 9.97 Å². The van der Waals surface area contributed by atoms with Gasteiger partial charge in [-0.3, -0.25) is 4.57 Å². The third-order valence-electron chi connectivity index (χ3n) is 2.37. The van der Waals surface area contributed by atoms with Gasteiger partial charge in [0, 0.05) is 18.6 Å².